The van der Waals surface area contributed by atoms with Crippen LogP contribution in [0.5, 0.6) is 0 Å². The van der Waals surface area contributed by atoms with Gasteiger partial charge in [-0.25, -0.2) is 13.6 Å². The third kappa shape index (κ3) is 5.01. The number of rotatable bonds is 2. The maximum absolute atomic E-state index is 15.0. The fourth-order valence-electron chi connectivity index (χ4n) is 3.79. The van der Waals surface area contributed by atoms with Crippen molar-refractivity contribution in [2.75, 3.05) is 19.6 Å². The van der Waals surface area contributed by atoms with Crippen LogP contribution in [-0.2, 0) is 14.0 Å². The van der Waals surface area contributed by atoms with Crippen molar-refractivity contribution in [1.82, 2.24) is 9.80 Å². The summed E-state index contributed by atoms with van der Waals surface area (Å²) in [5, 5.41) is 0. The molecule has 1 aromatic carbocycles. The number of benzene rings is 1. The van der Waals surface area contributed by atoms with Crippen LogP contribution < -0.4 is 5.46 Å². The Balaban J connectivity index is 1.74. The summed E-state index contributed by atoms with van der Waals surface area (Å²) in [5.41, 5.74) is -2.52. The predicted octanol–water partition coefficient (Wildman–Crippen LogP) is 3.35. The Hall–Kier alpha value is -2.20. The maximum Gasteiger partial charge on any atom is 0.497 e. The second kappa shape index (κ2) is 8.54. The van der Waals surface area contributed by atoms with E-state index in [9.17, 15) is 18.4 Å². The van der Waals surface area contributed by atoms with Gasteiger partial charge < -0.3 is 23.8 Å². The lowest BCUT2D eigenvalue weighted by atomic mass is 9.78. The van der Waals surface area contributed by atoms with Crippen molar-refractivity contribution in [1.29, 1.82) is 0 Å². The predicted molar refractivity (Wildman–Crippen MR) is 120 cm³/mol. The number of ether oxygens (including phenoxy) is 1. The van der Waals surface area contributed by atoms with E-state index in [1.807, 2.05) is 27.7 Å². The summed E-state index contributed by atoms with van der Waals surface area (Å²) in [6.07, 6.45) is -0.467. The molecule has 3 rings (SSSR count). The number of halogens is 2. The van der Waals surface area contributed by atoms with Crippen LogP contribution >= 0.6 is 0 Å². The Morgan fingerprint density at radius 3 is 2.15 bits per heavy atom. The number of amides is 2. The van der Waals surface area contributed by atoms with Gasteiger partial charge in [0.05, 0.1) is 16.8 Å². The highest BCUT2D eigenvalue weighted by molar-refractivity contribution is 6.62. The number of hydrogen-bond acceptors (Lipinski definition) is 5. The lowest BCUT2D eigenvalue weighted by molar-refractivity contribution is 0.00189. The van der Waals surface area contributed by atoms with Gasteiger partial charge in [0.15, 0.2) is 11.6 Å². The topological polar surface area (TPSA) is 68.3 Å². The standard InChI is InChI=1S/C23H33BF2N2O5/c1-14-13-27(11-12-28(14)20(30)31-21(2,3)4)19(29)15-9-10-16(18(26)17(15)25)24-32-22(5,6)23(7,8)33-24/h9-10,14H,11-13H2,1-8H3/t14-/m1/s1. The van der Waals surface area contributed by atoms with Crippen molar-refractivity contribution in [3.8, 4) is 0 Å². The molecule has 0 aromatic heterocycles. The summed E-state index contributed by atoms with van der Waals surface area (Å²) >= 11 is 0. The van der Waals surface area contributed by atoms with Crippen LogP contribution in [0.15, 0.2) is 12.1 Å². The molecule has 0 spiro atoms. The second-order valence-corrected chi connectivity index (χ2v) is 10.7. The molecular formula is C23H33BF2N2O5. The Bertz CT molecular complexity index is 932. The summed E-state index contributed by atoms with van der Waals surface area (Å²) < 4.78 is 47.0. The molecule has 2 aliphatic heterocycles. The minimum absolute atomic E-state index is 0.0918. The van der Waals surface area contributed by atoms with E-state index in [1.165, 1.54) is 21.9 Å². The van der Waals surface area contributed by atoms with Crippen LogP contribution in [0, 0.1) is 11.6 Å². The van der Waals surface area contributed by atoms with Gasteiger partial charge in [0, 0.05) is 31.1 Å². The van der Waals surface area contributed by atoms with E-state index in [0.717, 1.165) is 0 Å². The quantitative estimate of drug-likeness (QED) is 0.626. The summed E-state index contributed by atoms with van der Waals surface area (Å²) in [4.78, 5) is 28.3. The molecule has 7 nitrogen and oxygen atoms in total. The van der Waals surface area contributed by atoms with Gasteiger partial charge in [-0.1, -0.05) is 6.07 Å². The molecule has 33 heavy (non-hydrogen) atoms. The van der Waals surface area contributed by atoms with Crippen molar-refractivity contribution in [2.45, 2.75) is 78.2 Å². The molecule has 2 amide bonds. The maximum atomic E-state index is 15.0. The van der Waals surface area contributed by atoms with Crippen LogP contribution in [0.4, 0.5) is 13.6 Å². The number of hydrogen-bond donors (Lipinski definition) is 0. The average molecular weight is 466 g/mol. The van der Waals surface area contributed by atoms with Crippen molar-refractivity contribution in [2.24, 2.45) is 0 Å². The third-order valence-corrected chi connectivity index (χ3v) is 6.39. The highest BCUT2D eigenvalue weighted by Crippen LogP contribution is 2.36. The van der Waals surface area contributed by atoms with Gasteiger partial charge in [-0.05, 0) is 61.5 Å². The Kier molecular flexibility index (Phi) is 6.58. The van der Waals surface area contributed by atoms with E-state index < -0.39 is 47.6 Å². The number of piperazine rings is 1. The van der Waals surface area contributed by atoms with Gasteiger partial charge in [-0.2, -0.15) is 0 Å². The van der Waals surface area contributed by atoms with Gasteiger partial charge in [0.1, 0.15) is 5.60 Å². The van der Waals surface area contributed by atoms with Crippen LogP contribution in [-0.4, -0.2) is 71.4 Å². The third-order valence-electron chi connectivity index (χ3n) is 6.39. The van der Waals surface area contributed by atoms with E-state index in [1.54, 1.807) is 27.7 Å². The monoisotopic (exact) mass is 466 g/mol. The van der Waals surface area contributed by atoms with Gasteiger partial charge in [-0.15, -0.1) is 0 Å². The molecule has 0 radical (unpaired) electrons. The minimum atomic E-state index is -1.24. The zero-order valence-electron chi connectivity index (χ0n) is 20.6. The lowest BCUT2D eigenvalue weighted by Gasteiger charge is -2.40. The molecular weight excluding hydrogens is 433 g/mol. The van der Waals surface area contributed by atoms with E-state index in [0.29, 0.717) is 0 Å². The molecule has 1 atom stereocenters. The van der Waals surface area contributed by atoms with Gasteiger partial charge in [-0.3, -0.25) is 4.79 Å². The van der Waals surface area contributed by atoms with E-state index in [4.69, 9.17) is 14.0 Å². The Morgan fingerprint density at radius 2 is 1.64 bits per heavy atom. The Morgan fingerprint density at radius 1 is 1.06 bits per heavy atom. The molecule has 2 aliphatic rings. The zero-order valence-corrected chi connectivity index (χ0v) is 20.6. The molecule has 0 saturated carbocycles. The fourth-order valence-corrected chi connectivity index (χ4v) is 3.79. The van der Waals surface area contributed by atoms with Gasteiger partial charge >= 0.3 is 13.2 Å². The van der Waals surface area contributed by atoms with Crippen LogP contribution in [0.3, 0.4) is 0 Å². The molecule has 0 N–H and O–H groups in total. The summed E-state index contributed by atoms with van der Waals surface area (Å²) in [5.74, 6) is -3.04. The van der Waals surface area contributed by atoms with Crippen LogP contribution in [0.25, 0.3) is 0 Å². The molecule has 1 aromatic rings. The Labute approximate surface area is 194 Å². The van der Waals surface area contributed by atoms with Crippen molar-refractivity contribution in [3.63, 3.8) is 0 Å². The molecule has 182 valence electrons. The molecule has 2 saturated heterocycles. The number of carbonyl (C=O) groups excluding carboxylic acids is 2. The van der Waals surface area contributed by atoms with Gasteiger partial charge in [0.2, 0.25) is 0 Å². The first-order chi connectivity index (χ1) is 15.0. The first-order valence-corrected chi connectivity index (χ1v) is 11.2. The number of carbonyl (C=O) groups is 2. The SMILES string of the molecule is C[C@@H]1CN(C(=O)c2ccc(B3OC(C)(C)C(C)(C)O3)c(F)c2F)CCN1C(=O)OC(C)(C)C. The molecule has 0 bridgehead atoms. The van der Waals surface area contributed by atoms with Crippen LogP contribution in [0.1, 0.15) is 65.7 Å². The molecule has 2 fully saturated rings. The average Bonchev–Trinajstić information content (AvgIpc) is 2.88. The first kappa shape index (κ1) is 25.4. The first-order valence-electron chi connectivity index (χ1n) is 11.2. The van der Waals surface area contributed by atoms with E-state index in [2.05, 4.69) is 0 Å². The van der Waals surface area contributed by atoms with Gasteiger partial charge in [0.25, 0.3) is 5.91 Å². The van der Waals surface area contributed by atoms with E-state index >= 15 is 0 Å². The smallest absolute Gasteiger partial charge is 0.444 e. The second-order valence-electron chi connectivity index (χ2n) is 10.7. The normalized spacial score (nSPS) is 22.5. The fraction of sp³-hybridized carbons (Fsp3) is 0.652. The highest BCUT2D eigenvalue weighted by Gasteiger charge is 2.52. The minimum Gasteiger partial charge on any atom is -0.444 e. The molecule has 0 aliphatic carbocycles. The van der Waals surface area contributed by atoms with E-state index in [-0.39, 0.29) is 36.7 Å². The summed E-state index contributed by atoms with van der Waals surface area (Å²) in [6, 6.07) is 2.25. The summed E-state index contributed by atoms with van der Waals surface area (Å²) in [7, 11) is -1.08. The van der Waals surface area contributed by atoms with Crippen LogP contribution in [0.2, 0.25) is 0 Å². The summed E-state index contributed by atoms with van der Waals surface area (Å²) in [6.45, 7) is 15.0. The largest absolute Gasteiger partial charge is 0.497 e. The molecule has 2 heterocycles. The lowest BCUT2D eigenvalue weighted by Crippen LogP contribution is -2.56. The zero-order chi connectivity index (χ0) is 24.9. The highest BCUT2D eigenvalue weighted by atomic mass is 19.2. The van der Waals surface area contributed by atoms with Crippen molar-refractivity contribution < 1.29 is 32.4 Å². The molecule has 10 heteroatoms. The van der Waals surface area contributed by atoms with Crippen molar-refractivity contribution in [3.05, 3.63) is 29.3 Å². The molecule has 0 unspecified atom stereocenters. The van der Waals surface area contributed by atoms with Crippen molar-refractivity contribution >= 4 is 24.6 Å². The number of nitrogens with zero attached hydrogens (tertiary/aromatic N) is 2.